The van der Waals surface area contributed by atoms with Gasteiger partial charge < -0.3 is 9.47 Å². The van der Waals surface area contributed by atoms with E-state index in [9.17, 15) is 4.79 Å². The number of esters is 1. The van der Waals surface area contributed by atoms with Gasteiger partial charge in [-0.3, -0.25) is 9.69 Å². The smallest absolute Gasteiger partial charge is 0.307 e. The summed E-state index contributed by atoms with van der Waals surface area (Å²) >= 11 is 0. The van der Waals surface area contributed by atoms with Crippen molar-refractivity contribution in [2.24, 2.45) is 0 Å². The highest BCUT2D eigenvalue weighted by Gasteiger charge is 2.25. The first-order chi connectivity index (χ1) is 8.17. The van der Waals surface area contributed by atoms with E-state index >= 15 is 0 Å². The Balaban J connectivity index is 2.35. The number of hydrogen-bond acceptors (Lipinski definition) is 4. The summed E-state index contributed by atoms with van der Waals surface area (Å²) in [5.74, 6) is -0.0986. The highest BCUT2D eigenvalue weighted by molar-refractivity contribution is 5.70. The van der Waals surface area contributed by atoms with Crippen LogP contribution >= 0.6 is 0 Å². The monoisotopic (exact) mass is 243 g/mol. The summed E-state index contributed by atoms with van der Waals surface area (Å²) in [6, 6.07) is 0.248. The SMILES string of the molecule is CCOC(=O)CC(C)N1CCCC(OCC)C1. The standard InChI is InChI=1S/C13H25NO3/c1-4-16-12-7-6-8-14(10-12)11(3)9-13(15)17-5-2/h11-12H,4-10H2,1-3H3. The van der Waals surface area contributed by atoms with Gasteiger partial charge in [0.2, 0.25) is 0 Å². The predicted molar refractivity (Wildman–Crippen MR) is 66.9 cm³/mol. The maximum atomic E-state index is 11.4. The molecule has 0 radical (unpaired) electrons. The lowest BCUT2D eigenvalue weighted by molar-refractivity contribution is -0.144. The van der Waals surface area contributed by atoms with Gasteiger partial charge in [0.1, 0.15) is 0 Å². The van der Waals surface area contributed by atoms with Crippen molar-refractivity contribution in [1.82, 2.24) is 4.90 Å². The molecule has 17 heavy (non-hydrogen) atoms. The summed E-state index contributed by atoms with van der Waals surface area (Å²) in [7, 11) is 0. The van der Waals surface area contributed by atoms with E-state index in [1.165, 1.54) is 0 Å². The van der Waals surface area contributed by atoms with Crippen molar-refractivity contribution in [1.29, 1.82) is 0 Å². The second-order valence-electron chi connectivity index (χ2n) is 4.57. The molecule has 1 aliphatic rings. The summed E-state index contributed by atoms with van der Waals surface area (Å²) in [5.41, 5.74) is 0. The van der Waals surface area contributed by atoms with Gasteiger partial charge >= 0.3 is 5.97 Å². The normalized spacial score (nSPS) is 23.4. The van der Waals surface area contributed by atoms with E-state index in [4.69, 9.17) is 9.47 Å². The number of piperidine rings is 1. The van der Waals surface area contributed by atoms with Gasteiger partial charge in [-0.1, -0.05) is 0 Å². The van der Waals surface area contributed by atoms with Crippen LogP contribution < -0.4 is 0 Å². The molecule has 0 aromatic rings. The van der Waals surface area contributed by atoms with Crippen LogP contribution in [0.1, 0.15) is 40.0 Å². The Bertz CT molecular complexity index is 231. The molecule has 100 valence electrons. The molecule has 0 spiro atoms. The summed E-state index contributed by atoms with van der Waals surface area (Å²) in [6.07, 6.45) is 3.10. The van der Waals surface area contributed by atoms with Crippen LogP contribution in [0.4, 0.5) is 0 Å². The molecule has 2 atom stereocenters. The number of carbonyl (C=O) groups excluding carboxylic acids is 1. The lowest BCUT2D eigenvalue weighted by Gasteiger charge is -2.36. The maximum Gasteiger partial charge on any atom is 0.307 e. The molecule has 0 N–H and O–H groups in total. The van der Waals surface area contributed by atoms with Crippen molar-refractivity contribution in [3.63, 3.8) is 0 Å². The van der Waals surface area contributed by atoms with E-state index in [0.29, 0.717) is 19.1 Å². The fourth-order valence-electron chi connectivity index (χ4n) is 2.33. The van der Waals surface area contributed by atoms with Gasteiger partial charge in [0.05, 0.1) is 19.1 Å². The van der Waals surface area contributed by atoms with E-state index in [1.807, 2.05) is 13.8 Å². The first-order valence-electron chi connectivity index (χ1n) is 6.68. The first kappa shape index (κ1) is 14.5. The molecule has 1 heterocycles. The Morgan fingerprint density at radius 1 is 1.41 bits per heavy atom. The number of ether oxygens (including phenoxy) is 2. The molecule has 0 aromatic heterocycles. The maximum absolute atomic E-state index is 11.4. The number of nitrogens with zero attached hydrogens (tertiary/aromatic N) is 1. The van der Waals surface area contributed by atoms with Crippen molar-refractivity contribution in [2.45, 2.75) is 52.2 Å². The third-order valence-electron chi connectivity index (χ3n) is 3.20. The van der Waals surface area contributed by atoms with Gasteiger partial charge in [-0.2, -0.15) is 0 Å². The molecule has 4 heteroatoms. The van der Waals surface area contributed by atoms with Crippen molar-refractivity contribution >= 4 is 5.97 Å². The zero-order valence-electron chi connectivity index (χ0n) is 11.3. The summed E-state index contributed by atoms with van der Waals surface area (Å²) in [5, 5.41) is 0. The Labute approximate surface area is 104 Å². The molecule has 1 rings (SSSR count). The number of rotatable bonds is 6. The summed E-state index contributed by atoms with van der Waals surface area (Å²) in [6.45, 7) is 9.19. The molecule has 1 aliphatic heterocycles. The molecule has 2 unspecified atom stereocenters. The van der Waals surface area contributed by atoms with E-state index in [2.05, 4.69) is 11.8 Å². The minimum absolute atomic E-state index is 0.0986. The minimum atomic E-state index is -0.0986. The number of hydrogen-bond donors (Lipinski definition) is 0. The third kappa shape index (κ3) is 5.04. The zero-order valence-corrected chi connectivity index (χ0v) is 11.3. The Morgan fingerprint density at radius 2 is 2.18 bits per heavy atom. The largest absolute Gasteiger partial charge is 0.466 e. The van der Waals surface area contributed by atoms with Gasteiger partial charge in [-0.25, -0.2) is 0 Å². The van der Waals surface area contributed by atoms with Crippen LogP contribution in [0.2, 0.25) is 0 Å². The van der Waals surface area contributed by atoms with Crippen LogP contribution in [0, 0.1) is 0 Å². The molecule has 0 amide bonds. The summed E-state index contributed by atoms with van der Waals surface area (Å²) in [4.78, 5) is 13.8. The quantitative estimate of drug-likeness (QED) is 0.667. The third-order valence-corrected chi connectivity index (χ3v) is 3.20. The van der Waals surface area contributed by atoms with E-state index in [-0.39, 0.29) is 12.0 Å². The zero-order chi connectivity index (χ0) is 12.7. The summed E-state index contributed by atoms with van der Waals surface area (Å²) < 4.78 is 10.6. The lowest BCUT2D eigenvalue weighted by Crippen LogP contribution is -2.45. The number of likely N-dealkylation sites (tertiary alicyclic amines) is 1. The Hall–Kier alpha value is -0.610. The van der Waals surface area contributed by atoms with E-state index < -0.39 is 0 Å². The molecular formula is C13H25NO3. The number of carbonyl (C=O) groups is 1. The van der Waals surface area contributed by atoms with Gasteiger partial charge in [0.15, 0.2) is 0 Å². The van der Waals surface area contributed by atoms with Gasteiger partial charge in [-0.15, -0.1) is 0 Å². The second kappa shape index (κ2) is 7.67. The molecule has 0 saturated carbocycles. The lowest BCUT2D eigenvalue weighted by atomic mass is 10.0. The van der Waals surface area contributed by atoms with Crippen molar-refractivity contribution in [3.05, 3.63) is 0 Å². The highest BCUT2D eigenvalue weighted by atomic mass is 16.5. The van der Waals surface area contributed by atoms with Crippen molar-refractivity contribution in [2.75, 3.05) is 26.3 Å². The van der Waals surface area contributed by atoms with Crippen LogP contribution in [0.5, 0.6) is 0 Å². The predicted octanol–water partition coefficient (Wildman–Crippen LogP) is 1.83. The molecule has 0 aliphatic carbocycles. The fraction of sp³-hybridized carbons (Fsp3) is 0.923. The second-order valence-corrected chi connectivity index (χ2v) is 4.57. The van der Waals surface area contributed by atoms with E-state index in [0.717, 1.165) is 32.5 Å². The Kier molecular flexibility index (Phi) is 6.52. The highest BCUT2D eigenvalue weighted by Crippen LogP contribution is 2.17. The molecule has 1 fully saturated rings. The molecule has 4 nitrogen and oxygen atoms in total. The molecule has 0 aromatic carbocycles. The van der Waals surface area contributed by atoms with E-state index in [1.54, 1.807) is 0 Å². The van der Waals surface area contributed by atoms with Crippen molar-refractivity contribution < 1.29 is 14.3 Å². The van der Waals surface area contributed by atoms with Crippen LogP contribution in [0.3, 0.4) is 0 Å². The van der Waals surface area contributed by atoms with Crippen LogP contribution in [-0.4, -0.2) is 49.3 Å². The average molecular weight is 243 g/mol. The molecule has 1 saturated heterocycles. The Morgan fingerprint density at radius 3 is 2.82 bits per heavy atom. The molecule has 0 bridgehead atoms. The van der Waals surface area contributed by atoms with Crippen LogP contribution in [0.15, 0.2) is 0 Å². The first-order valence-corrected chi connectivity index (χ1v) is 6.68. The minimum Gasteiger partial charge on any atom is -0.466 e. The fourth-order valence-corrected chi connectivity index (χ4v) is 2.33. The van der Waals surface area contributed by atoms with Gasteiger partial charge in [0, 0.05) is 19.2 Å². The van der Waals surface area contributed by atoms with Crippen molar-refractivity contribution in [3.8, 4) is 0 Å². The van der Waals surface area contributed by atoms with Crippen LogP contribution in [0.25, 0.3) is 0 Å². The topological polar surface area (TPSA) is 38.8 Å². The average Bonchev–Trinajstić information content (AvgIpc) is 2.30. The van der Waals surface area contributed by atoms with Gasteiger partial charge in [-0.05, 0) is 40.2 Å². The van der Waals surface area contributed by atoms with Gasteiger partial charge in [0.25, 0.3) is 0 Å². The van der Waals surface area contributed by atoms with Crippen LogP contribution in [-0.2, 0) is 14.3 Å². The molecular weight excluding hydrogens is 218 g/mol.